The molecule has 1 fully saturated rings. The maximum absolute atomic E-state index is 12.0. The van der Waals surface area contributed by atoms with Gasteiger partial charge in [-0.3, -0.25) is 19.7 Å². The Bertz CT molecular complexity index is 882. The van der Waals surface area contributed by atoms with Crippen LogP contribution in [0.2, 0.25) is 0 Å². The third kappa shape index (κ3) is 6.26. The molecule has 2 N–H and O–H groups in total. The van der Waals surface area contributed by atoms with E-state index in [1.807, 2.05) is 12.1 Å². The Balaban J connectivity index is 1.43. The molecule has 2 heterocycles. The normalized spacial score (nSPS) is 13.8. The zero-order chi connectivity index (χ0) is 20.8. The molecule has 1 aromatic carbocycles. The minimum absolute atomic E-state index is 0.0466. The number of rotatable bonds is 8. The number of aromatic nitrogens is 2. The van der Waals surface area contributed by atoms with Gasteiger partial charge in [0.05, 0.1) is 12.3 Å². The molecule has 0 unspecified atom stereocenters. The second-order valence-electron chi connectivity index (χ2n) is 6.95. The number of nitrogens with one attached hydrogen (secondary N) is 2. The van der Waals surface area contributed by atoms with Crippen LogP contribution in [0, 0.1) is 0 Å². The van der Waals surface area contributed by atoms with Gasteiger partial charge in [0.25, 0.3) is 0 Å². The fourth-order valence-corrected chi connectivity index (χ4v) is 4.37. The van der Waals surface area contributed by atoms with Crippen LogP contribution in [0.25, 0.3) is 0 Å². The molecule has 8 nitrogen and oxygen atoms in total. The summed E-state index contributed by atoms with van der Waals surface area (Å²) in [5.41, 5.74) is 2.18. The third-order valence-electron chi connectivity index (χ3n) is 4.35. The topological polar surface area (TPSA) is 104 Å². The number of benzene rings is 1. The summed E-state index contributed by atoms with van der Waals surface area (Å²) in [6.45, 7) is 4.78. The second kappa shape index (κ2) is 9.84. The lowest BCUT2D eigenvalue weighted by Crippen LogP contribution is -2.41. The van der Waals surface area contributed by atoms with Crippen LogP contribution in [0.5, 0.6) is 0 Å². The Labute approximate surface area is 177 Å². The number of hydrogen-bond acceptors (Lipinski definition) is 8. The summed E-state index contributed by atoms with van der Waals surface area (Å²) < 4.78 is 0.628. The van der Waals surface area contributed by atoms with Crippen LogP contribution in [0.1, 0.15) is 38.2 Å². The third-order valence-corrected chi connectivity index (χ3v) is 6.32. The second-order valence-corrected chi connectivity index (χ2v) is 9.15. The number of thioether (sulfide) groups is 1. The molecule has 0 bridgehead atoms. The largest absolute Gasteiger partial charge is 0.333 e. The van der Waals surface area contributed by atoms with Crippen LogP contribution in [0.4, 0.5) is 10.8 Å². The summed E-state index contributed by atoms with van der Waals surface area (Å²) in [6.07, 6.45) is 1.22. The van der Waals surface area contributed by atoms with Gasteiger partial charge >= 0.3 is 0 Å². The van der Waals surface area contributed by atoms with Gasteiger partial charge in [-0.15, -0.1) is 10.2 Å². The van der Waals surface area contributed by atoms with Gasteiger partial charge in [0, 0.05) is 18.7 Å². The number of hydrogen-bond donors (Lipinski definition) is 2. The molecule has 0 spiro atoms. The number of imide groups is 1. The van der Waals surface area contributed by atoms with Crippen molar-refractivity contribution in [3.63, 3.8) is 0 Å². The van der Waals surface area contributed by atoms with E-state index in [2.05, 4.69) is 46.8 Å². The zero-order valence-corrected chi connectivity index (χ0v) is 17.9. The number of anilines is 2. The molecule has 0 atom stereocenters. The zero-order valence-electron chi connectivity index (χ0n) is 16.3. The first-order valence-electron chi connectivity index (χ1n) is 9.34. The van der Waals surface area contributed by atoms with Crippen molar-refractivity contribution < 1.29 is 14.4 Å². The fourth-order valence-electron chi connectivity index (χ4n) is 2.80. The van der Waals surface area contributed by atoms with Crippen molar-refractivity contribution in [2.75, 3.05) is 24.2 Å². The van der Waals surface area contributed by atoms with Crippen molar-refractivity contribution in [3.8, 4) is 0 Å². The van der Waals surface area contributed by atoms with Crippen molar-refractivity contribution >= 4 is 51.6 Å². The number of amides is 3. The Morgan fingerprint density at radius 3 is 2.62 bits per heavy atom. The maximum atomic E-state index is 12.0. The average Bonchev–Trinajstić information content (AvgIpc) is 3.29. The lowest BCUT2D eigenvalue weighted by atomic mass is 10.0. The van der Waals surface area contributed by atoms with Crippen LogP contribution in [-0.2, 0) is 14.4 Å². The molecule has 1 saturated heterocycles. The minimum Gasteiger partial charge on any atom is -0.333 e. The molecule has 0 radical (unpaired) electrons. The molecule has 1 aliphatic rings. The van der Waals surface area contributed by atoms with E-state index in [0.29, 0.717) is 28.4 Å². The standard InChI is InChI=1S/C19H23N5O3S2/c1-12(2)13-5-7-14(8-6-13)20-18-22-23-19(29-18)28-11-16(26)21-15(25)10-24-9-3-4-17(24)27/h5-8,12H,3-4,9-11H2,1-2H3,(H,20,22)(H,21,25,26). The molecule has 0 aliphatic carbocycles. The molecule has 10 heteroatoms. The van der Waals surface area contributed by atoms with Crippen LogP contribution < -0.4 is 10.6 Å². The monoisotopic (exact) mass is 433 g/mol. The quantitative estimate of drug-likeness (QED) is 0.617. The Morgan fingerprint density at radius 1 is 1.21 bits per heavy atom. The fraction of sp³-hybridized carbons (Fsp3) is 0.421. The summed E-state index contributed by atoms with van der Waals surface area (Å²) in [4.78, 5) is 36.8. The number of nitrogens with zero attached hydrogens (tertiary/aromatic N) is 3. The van der Waals surface area contributed by atoms with E-state index in [9.17, 15) is 14.4 Å². The summed E-state index contributed by atoms with van der Waals surface area (Å²) >= 11 is 2.55. The molecular formula is C19H23N5O3S2. The Kier molecular flexibility index (Phi) is 7.21. The van der Waals surface area contributed by atoms with E-state index < -0.39 is 11.8 Å². The predicted octanol–water partition coefficient (Wildman–Crippen LogP) is 2.76. The van der Waals surface area contributed by atoms with Crippen LogP contribution in [0.3, 0.4) is 0 Å². The molecular weight excluding hydrogens is 410 g/mol. The van der Waals surface area contributed by atoms with Crippen molar-refractivity contribution in [1.29, 1.82) is 0 Å². The summed E-state index contributed by atoms with van der Waals surface area (Å²) in [7, 11) is 0. The van der Waals surface area contributed by atoms with Gasteiger partial charge in [0.1, 0.15) is 0 Å². The van der Waals surface area contributed by atoms with Gasteiger partial charge in [-0.05, 0) is 30.0 Å². The highest BCUT2D eigenvalue weighted by atomic mass is 32.2. The molecule has 3 rings (SSSR count). The molecule has 29 heavy (non-hydrogen) atoms. The Morgan fingerprint density at radius 2 is 1.97 bits per heavy atom. The SMILES string of the molecule is CC(C)c1ccc(Nc2nnc(SCC(=O)NC(=O)CN3CCCC3=O)s2)cc1. The van der Waals surface area contributed by atoms with Gasteiger partial charge in [0.15, 0.2) is 4.34 Å². The molecule has 0 saturated carbocycles. The highest BCUT2D eigenvalue weighted by Crippen LogP contribution is 2.28. The van der Waals surface area contributed by atoms with Crippen molar-refractivity contribution in [1.82, 2.24) is 20.4 Å². The average molecular weight is 434 g/mol. The molecule has 154 valence electrons. The minimum atomic E-state index is -0.463. The van der Waals surface area contributed by atoms with Crippen LogP contribution >= 0.6 is 23.1 Å². The van der Waals surface area contributed by atoms with E-state index in [1.165, 1.54) is 33.6 Å². The number of carbonyl (C=O) groups excluding carboxylic acids is 3. The van der Waals surface area contributed by atoms with E-state index in [1.54, 1.807) is 0 Å². The van der Waals surface area contributed by atoms with E-state index in [4.69, 9.17) is 0 Å². The number of carbonyl (C=O) groups is 3. The van der Waals surface area contributed by atoms with Crippen molar-refractivity contribution in [3.05, 3.63) is 29.8 Å². The lowest BCUT2D eigenvalue weighted by molar-refractivity contribution is -0.135. The molecule has 2 aromatic rings. The first kappa shape index (κ1) is 21.3. The van der Waals surface area contributed by atoms with Gasteiger partial charge in [-0.25, -0.2) is 0 Å². The van der Waals surface area contributed by atoms with E-state index in [-0.39, 0.29) is 18.2 Å². The van der Waals surface area contributed by atoms with Crippen molar-refractivity contribution in [2.45, 2.75) is 36.9 Å². The first-order chi connectivity index (χ1) is 13.9. The lowest BCUT2D eigenvalue weighted by Gasteiger charge is -2.14. The highest BCUT2D eigenvalue weighted by Gasteiger charge is 2.23. The summed E-state index contributed by atoms with van der Waals surface area (Å²) in [6, 6.07) is 8.13. The van der Waals surface area contributed by atoms with Gasteiger partial charge in [-0.1, -0.05) is 49.1 Å². The predicted molar refractivity (Wildman–Crippen MR) is 113 cm³/mol. The number of likely N-dealkylation sites (tertiary alicyclic amines) is 1. The summed E-state index contributed by atoms with van der Waals surface area (Å²) in [5, 5.41) is 14.3. The maximum Gasteiger partial charge on any atom is 0.246 e. The smallest absolute Gasteiger partial charge is 0.246 e. The molecule has 3 amide bonds. The van der Waals surface area contributed by atoms with E-state index in [0.717, 1.165) is 12.1 Å². The summed E-state index contributed by atoms with van der Waals surface area (Å²) in [5.74, 6) is -0.398. The van der Waals surface area contributed by atoms with Gasteiger partial charge < -0.3 is 10.2 Å². The Hall–Kier alpha value is -2.46. The van der Waals surface area contributed by atoms with Gasteiger partial charge in [0.2, 0.25) is 22.9 Å². The van der Waals surface area contributed by atoms with Gasteiger partial charge in [-0.2, -0.15) is 0 Å². The molecule has 1 aliphatic heterocycles. The van der Waals surface area contributed by atoms with E-state index >= 15 is 0 Å². The first-order valence-corrected chi connectivity index (χ1v) is 11.1. The van der Waals surface area contributed by atoms with Crippen LogP contribution in [0.15, 0.2) is 28.6 Å². The van der Waals surface area contributed by atoms with Crippen LogP contribution in [-0.4, -0.2) is 51.7 Å². The molecule has 1 aromatic heterocycles. The van der Waals surface area contributed by atoms with Crippen molar-refractivity contribution in [2.24, 2.45) is 0 Å². The highest BCUT2D eigenvalue weighted by molar-refractivity contribution is 8.01.